The molecule has 2 aromatic heterocycles. The van der Waals surface area contributed by atoms with Gasteiger partial charge in [0, 0.05) is 29.4 Å². The van der Waals surface area contributed by atoms with E-state index in [1.807, 2.05) is 115 Å². The van der Waals surface area contributed by atoms with Gasteiger partial charge in [-0.05, 0) is 94.4 Å². The first kappa shape index (κ1) is 38.4. The van der Waals surface area contributed by atoms with Gasteiger partial charge in [0.15, 0.2) is 0 Å². The van der Waals surface area contributed by atoms with Gasteiger partial charge in [0.25, 0.3) is 0 Å². The largest absolute Gasteiger partial charge is 0.119 e. The zero-order valence-corrected chi connectivity index (χ0v) is 36.6. The number of hydrogen-bond donors (Lipinski definition) is 0. The van der Waals surface area contributed by atoms with E-state index in [9.17, 15) is 0 Å². The van der Waals surface area contributed by atoms with Crippen LogP contribution in [0.4, 0.5) is 0 Å². The van der Waals surface area contributed by atoms with Crippen molar-refractivity contribution < 1.29 is 0 Å². The summed E-state index contributed by atoms with van der Waals surface area (Å²) in [6.07, 6.45) is 0. The van der Waals surface area contributed by atoms with Crippen molar-refractivity contribution in [2.24, 2.45) is 0 Å². The van der Waals surface area contributed by atoms with Crippen molar-refractivity contribution in [3.63, 3.8) is 0 Å². The molecule has 0 aliphatic rings. The molecule has 0 aliphatic heterocycles. The third-order valence-corrected chi connectivity index (χ3v) is 20.6. The predicted molar refractivity (Wildman–Crippen MR) is 244 cm³/mol. The highest BCUT2D eigenvalue weighted by Gasteiger charge is 2.27. The number of rotatable bonds is 15. The van der Waals surface area contributed by atoms with Crippen LogP contribution in [0.25, 0.3) is 0 Å². The van der Waals surface area contributed by atoms with Crippen molar-refractivity contribution in [1.29, 1.82) is 0 Å². The van der Waals surface area contributed by atoms with Gasteiger partial charge in [-0.15, -0.1) is 22.7 Å². The second-order valence-corrected chi connectivity index (χ2v) is 23.1. The van der Waals surface area contributed by atoms with Crippen LogP contribution in [0.2, 0.25) is 0 Å². The zero-order chi connectivity index (χ0) is 36.4. The molecule has 2 heterocycles. The van der Waals surface area contributed by atoms with Gasteiger partial charge in [-0.2, -0.15) is 0 Å². The van der Waals surface area contributed by atoms with Gasteiger partial charge in [0.1, 0.15) is 0 Å². The second kappa shape index (κ2) is 19.6. The maximum Gasteiger partial charge on any atom is 0.0815 e. The average molecular weight is 879 g/mol. The SMILES string of the molecule is c1ccc(Sc2sc(Sc3ccccc3)c(Sc3ccccc3)c2SSc2c(Sc3ccccc3)sc(Sc3ccccc3)c2Sc2ccccc2)cc1. The summed E-state index contributed by atoms with van der Waals surface area (Å²) in [5.41, 5.74) is 0. The minimum atomic E-state index is 1.24. The van der Waals surface area contributed by atoms with Crippen LogP contribution in [0.5, 0.6) is 0 Å². The maximum atomic E-state index is 2.22. The Bertz CT molecular complexity index is 2190. The molecule has 0 bridgehead atoms. The van der Waals surface area contributed by atoms with E-state index < -0.39 is 0 Å². The fourth-order valence-electron chi connectivity index (χ4n) is 4.99. The first-order valence-electron chi connectivity index (χ1n) is 16.8. The van der Waals surface area contributed by atoms with Crippen molar-refractivity contribution in [2.45, 2.75) is 65.8 Å². The molecule has 0 radical (unpaired) electrons. The monoisotopic (exact) mass is 878 g/mol. The minimum Gasteiger partial charge on any atom is -0.119 e. The van der Waals surface area contributed by atoms with Crippen molar-refractivity contribution >= 4 is 115 Å². The van der Waals surface area contributed by atoms with Crippen LogP contribution in [0.3, 0.4) is 0 Å². The lowest BCUT2D eigenvalue weighted by atomic mass is 10.4. The van der Waals surface area contributed by atoms with E-state index >= 15 is 0 Å². The average Bonchev–Trinajstić information content (AvgIpc) is 3.70. The topological polar surface area (TPSA) is 0 Å². The van der Waals surface area contributed by atoms with Crippen LogP contribution >= 0.6 is 115 Å². The highest BCUT2D eigenvalue weighted by atomic mass is 33.1. The van der Waals surface area contributed by atoms with Crippen molar-refractivity contribution in [2.75, 3.05) is 0 Å². The summed E-state index contributed by atoms with van der Waals surface area (Å²) in [7, 11) is 3.82. The van der Waals surface area contributed by atoms with E-state index in [2.05, 4.69) is 182 Å². The van der Waals surface area contributed by atoms with E-state index in [4.69, 9.17) is 0 Å². The van der Waals surface area contributed by atoms with Crippen LogP contribution in [-0.4, -0.2) is 0 Å². The molecular weight excluding hydrogens is 849 g/mol. The first-order chi connectivity index (χ1) is 26.7. The molecule has 0 aliphatic carbocycles. The normalized spacial score (nSPS) is 11.2. The van der Waals surface area contributed by atoms with E-state index in [1.165, 1.54) is 65.8 Å². The number of thiophene rings is 2. The van der Waals surface area contributed by atoms with Crippen LogP contribution in [-0.2, 0) is 0 Å². The fraction of sp³-hybridized carbons (Fsp3) is 0. The fourth-order valence-corrected chi connectivity index (χ4v) is 19.8. The van der Waals surface area contributed by atoms with Crippen LogP contribution in [0.15, 0.2) is 248 Å². The zero-order valence-electron chi connectivity index (χ0n) is 28.4. The Kier molecular flexibility index (Phi) is 13.9. The molecule has 0 fully saturated rings. The maximum absolute atomic E-state index is 2.22. The van der Waals surface area contributed by atoms with Crippen molar-refractivity contribution in [3.05, 3.63) is 182 Å². The lowest BCUT2D eigenvalue weighted by Gasteiger charge is -2.11. The summed E-state index contributed by atoms with van der Waals surface area (Å²) in [4.78, 5) is 12.8. The van der Waals surface area contributed by atoms with E-state index in [0.29, 0.717) is 0 Å². The van der Waals surface area contributed by atoms with E-state index in [0.717, 1.165) is 0 Å². The molecule has 266 valence electrons. The molecule has 0 spiro atoms. The Morgan fingerprint density at radius 3 is 0.667 bits per heavy atom. The van der Waals surface area contributed by atoms with Crippen molar-refractivity contribution in [3.8, 4) is 0 Å². The van der Waals surface area contributed by atoms with Crippen LogP contribution < -0.4 is 0 Å². The van der Waals surface area contributed by atoms with Gasteiger partial charge in [-0.3, -0.25) is 0 Å². The Hall–Kier alpha value is -2.48. The van der Waals surface area contributed by atoms with Crippen LogP contribution in [0.1, 0.15) is 0 Å². The first-order valence-corrected chi connectivity index (χ1v) is 25.5. The lowest BCUT2D eigenvalue weighted by molar-refractivity contribution is 1.16. The molecule has 0 nitrogen and oxygen atoms in total. The lowest BCUT2D eigenvalue weighted by Crippen LogP contribution is -1.80. The predicted octanol–water partition coefficient (Wildman–Crippen LogP) is 17.5. The van der Waals surface area contributed by atoms with Gasteiger partial charge in [0.05, 0.1) is 36.4 Å². The molecule has 10 heteroatoms. The minimum absolute atomic E-state index is 1.24. The molecule has 0 saturated carbocycles. The molecule has 0 unspecified atom stereocenters. The van der Waals surface area contributed by atoms with Gasteiger partial charge in [-0.25, -0.2) is 0 Å². The molecule has 8 rings (SSSR count). The van der Waals surface area contributed by atoms with Crippen molar-refractivity contribution in [1.82, 2.24) is 0 Å². The Morgan fingerprint density at radius 2 is 0.426 bits per heavy atom. The molecule has 0 N–H and O–H groups in total. The van der Waals surface area contributed by atoms with E-state index in [-0.39, 0.29) is 0 Å². The van der Waals surface area contributed by atoms with Gasteiger partial charge in [-0.1, -0.05) is 180 Å². The molecule has 54 heavy (non-hydrogen) atoms. The summed E-state index contributed by atoms with van der Waals surface area (Å²) >= 11 is 15.1. The van der Waals surface area contributed by atoms with E-state index in [1.54, 1.807) is 0 Å². The summed E-state index contributed by atoms with van der Waals surface area (Å²) < 4.78 is 5.28. The van der Waals surface area contributed by atoms with Gasteiger partial charge in [0.2, 0.25) is 0 Å². The Labute approximate surface area is 358 Å². The second-order valence-electron chi connectivity index (χ2n) is 11.3. The molecule has 0 atom stereocenters. The highest BCUT2D eigenvalue weighted by molar-refractivity contribution is 8.76. The standard InChI is InChI=1S/C44H30S10/c1-7-19-31(20-8-1)45-37-39(43(49-35-27-15-5-16-28-35)51-41(37)47-33-23-11-3-12-24-33)53-54-40-38(46-32-21-9-2-10-22-32)42(48-34-25-13-4-14-26-34)52-44(40)50-36-29-17-6-18-30-36/h1-30H. The Balaban J connectivity index is 1.24. The number of benzene rings is 6. The summed E-state index contributed by atoms with van der Waals surface area (Å²) in [5, 5.41) is 0. The summed E-state index contributed by atoms with van der Waals surface area (Å²) in [6.45, 7) is 0. The highest BCUT2D eigenvalue weighted by Crippen LogP contribution is 2.61. The smallest absolute Gasteiger partial charge is 0.0815 e. The van der Waals surface area contributed by atoms with Crippen LogP contribution in [0, 0.1) is 0 Å². The molecule has 0 saturated heterocycles. The third-order valence-electron chi connectivity index (χ3n) is 7.47. The summed E-state index contributed by atoms with van der Waals surface area (Å²) in [6, 6.07) is 64.8. The molecule has 0 amide bonds. The number of hydrogen-bond acceptors (Lipinski definition) is 10. The van der Waals surface area contributed by atoms with Gasteiger partial charge < -0.3 is 0 Å². The molecule has 8 aromatic rings. The molecule has 6 aromatic carbocycles. The quantitative estimate of drug-likeness (QED) is 0.0923. The summed E-state index contributed by atoms with van der Waals surface area (Å²) in [5.74, 6) is 0. The molecular formula is C44H30S10. The Morgan fingerprint density at radius 1 is 0.222 bits per heavy atom. The third kappa shape index (κ3) is 10.3. The van der Waals surface area contributed by atoms with Gasteiger partial charge >= 0.3 is 0 Å².